The molecular formula is C15H19F3N2O. The summed E-state index contributed by atoms with van der Waals surface area (Å²) in [5, 5.41) is 0. The number of amides is 1. The third kappa shape index (κ3) is 3.05. The molecular weight excluding hydrogens is 281 g/mol. The van der Waals surface area contributed by atoms with Crippen molar-refractivity contribution in [3.05, 3.63) is 35.1 Å². The van der Waals surface area contributed by atoms with Crippen LogP contribution in [0.1, 0.15) is 36.0 Å². The van der Waals surface area contributed by atoms with E-state index in [1.54, 1.807) is 7.05 Å². The van der Waals surface area contributed by atoms with Crippen molar-refractivity contribution in [3.63, 3.8) is 0 Å². The molecule has 1 amide bonds. The molecule has 1 aromatic carbocycles. The zero-order chi connectivity index (χ0) is 15.6. The van der Waals surface area contributed by atoms with E-state index in [1.165, 1.54) is 4.90 Å². The fraction of sp³-hybridized carbons (Fsp3) is 0.533. The van der Waals surface area contributed by atoms with Crippen molar-refractivity contribution in [1.29, 1.82) is 0 Å². The summed E-state index contributed by atoms with van der Waals surface area (Å²) < 4.78 is 39.9. The minimum atomic E-state index is -1.62. The van der Waals surface area contributed by atoms with E-state index in [4.69, 9.17) is 5.73 Å². The Morgan fingerprint density at radius 2 is 1.90 bits per heavy atom. The largest absolute Gasteiger partial charge is 0.338 e. The number of rotatable bonds is 3. The predicted molar refractivity (Wildman–Crippen MR) is 73.2 cm³/mol. The third-order valence-corrected chi connectivity index (χ3v) is 4.26. The smallest absolute Gasteiger partial charge is 0.256 e. The number of hydrogen-bond donors (Lipinski definition) is 1. The van der Waals surface area contributed by atoms with Crippen LogP contribution in [-0.4, -0.2) is 30.4 Å². The van der Waals surface area contributed by atoms with Crippen molar-refractivity contribution < 1.29 is 18.0 Å². The fourth-order valence-electron chi connectivity index (χ4n) is 3.00. The summed E-state index contributed by atoms with van der Waals surface area (Å²) in [7, 11) is 1.56. The lowest BCUT2D eigenvalue weighted by Gasteiger charge is -2.37. The molecule has 0 bridgehead atoms. The summed E-state index contributed by atoms with van der Waals surface area (Å²) in [6, 6.07) is 1.65. The first-order chi connectivity index (χ1) is 9.97. The van der Waals surface area contributed by atoms with Gasteiger partial charge in [-0.2, -0.15) is 0 Å². The van der Waals surface area contributed by atoms with Crippen molar-refractivity contribution in [1.82, 2.24) is 4.90 Å². The van der Waals surface area contributed by atoms with Gasteiger partial charge < -0.3 is 10.6 Å². The monoisotopic (exact) mass is 300 g/mol. The van der Waals surface area contributed by atoms with Gasteiger partial charge in [-0.15, -0.1) is 0 Å². The molecule has 2 unspecified atom stereocenters. The van der Waals surface area contributed by atoms with Crippen molar-refractivity contribution in [2.24, 2.45) is 11.7 Å². The fourth-order valence-corrected chi connectivity index (χ4v) is 3.00. The number of carbonyl (C=O) groups excluding carboxylic acids is 1. The number of hydrogen-bond acceptors (Lipinski definition) is 2. The van der Waals surface area contributed by atoms with E-state index in [1.807, 2.05) is 0 Å². The molecule has 2 rings (SSSR count). The lowest BCUT2D eigenvalue weighted by Crippen LogP contribution is -2.46. The van der Waals surface area contributed by atoms with Gasteiger partial charge in [0.1, 0.15) is 0 Å². The lowest BCUT2D eigenvalue weighted by molar-refractivity contribution is 0.0614. The topological polar surface area (TPSA) is 46.3 Å². The molecule has 21 heavy (non-hydrogen) atoms. The number of nitrogens with zero attached hydrogens (tertiary/aromatic N) is 1. The second-order valence-electron chi connectivity index (χ2n) is 5.49. The molecule has 0 heterocycles. The van der Waals surface area contributed by atoms with Gasteiger partial charge in [-0.25, -0.2) is 13.2 Å². The lowest BCUT2D eigenvalue weighted by atomic mass is 9.83. The highest BCUT2D eigenvalue weighted by atomic mass is 19.2. The summed E-state index contributed by atoms with van der Waals surface area (Å²) in [5.41, 5.74) is 5.28. The van der Waals surface area contributed by atoms with Crippen molar-refractivity contribution in [2.75, 3.05) is 13.6 Å². The Morgan fingerprint density at radius 1 is 1.24 bits per heavy atom. The Morgan fingerprint density at radius 3 is 2.57 bits per heavy atom. The van der Waals surface area contributed by atoms with Crippen LogP contribution in [0, 0.1) is 23.4 Å². The molecule has 0 saturated heterocycles. The molecule has 0 radical (unpaired) electrons. The Labute approximate surface area is 121 Å². The summed E-state index contributed by atoms with van der Waals surface area (Å²) in [5.74, 6) is -4.85. The van der Waals surface area contributed by atoms with Crippen LogP contribution in [0.15, 0.2) is 12.1 Å². The first-order valence-electron chi connectivity index (χ1n) is 7.08. The Bertz CT molecular complexity index is 536. The van der Waals surface area contributed by atoms with E-state index in [0.717, 1.165) is 37.8 Å². The number of halogens is 3. The standard InChI is InChI=1S/C15H19F3N2O/c1-20(12-5-3-2-4-9(12)8-19)15(21)10-6-7-11(16)14(18)13(10)17/h6-7,9,12H,2-5,8,19H2,1H3. The van der Waals surface area contributed by atoms with Gasteiger partial charge in [0.2, 0.25) is 0 Å². The minimum absolute atomic E-state index is 0.0937. The Hall–Kier alpha value is -1.56. The predicted octanol–water partition coefficient (Wildman–Crippen LogP) is 2.69. The molecule has 1 saturated carbocycles. The summed E-state index contributed by atoms with van der Waals surface area (Å²) >= 11 is 0. The van der Waals surface area contributed by atoms with Gasteiger partial charge >= 0.3 is 0 Å². The molecule has 3 nitrogen and oxygen atoms in total. The number of benzene rings is 1. The normalized spacial score (nSPS) is 22.1. The summed E-state index contributed by atoms with van der Waals surface area (Å²) in [6.45, 7) is 0.447. The molecule has 116 valence electrons. The third-order valence-electron chi connectivity index (χ3n) is 4.26. The molecule has 1 aromatic rings. The molecule has 1 aliphatic carbocycles. The second kappa shape index (κ2) is 6.47. The van der Waals surface area contributed by atoms with Gasteiger partial charge in [0.25, 0.3) is 5.91 Å². The average molecular weight is 300 g/mol. The minimum Gasteiger partial charge on any atom is -0.338 e. The molecule has 1 fully saturated rings. The summed E-state index contributed by atoms with van der Waals surface area (Å²) in [6.07, 6.45) is 3.73. The zero-order valence-corrected chi connectivity index (χ0v) is 11.9. The van der Waals surface area contributed by atoms with E-state index in [2.05, 4.69) is 0 Å². The van der Waals surface area contributed by atoms with Crippen molar-refractivity contribution >= 4 is 5.91 Å². The molecule has 0 spiro atoms. The highest BCUT2D eigenvalue weighted by Gasteiger charge is 2.32. The van der Waals surface area contributed by atoms with Crippen LogP contribution < -0.4 is 5.73 Å². The maximum atomic E-state index is 13.7. The maximum absolute atomic E-state index is 13.7. The van der Waals surface area contributed by atoms with Crippen molar-refractivity contribution in [2.45, 2.75) is 31.7 Å². The summed E-state index contributed by atoms with van der Waals surface area (Å²) in [4.78, 5) is 13.8. The molecule has 2 N–H and O–H groups in total. The molecule has 2 atom stereocenters. The molecule has 6 heteroatoms. The molecule has 1 aliphatic rings. The van der Waals surface area contributed by atoms with Gasteiger partial charge in [-0.05, 0) is 37.4 Å². The Balaban J connectivity index is 2.25. The van der Waals surface area contributed by atoms with E-state index < -0.39 is 28.9 Å². The van der Waals surface area contributed by atoms with Crippen LogP contribution in [0.25, 0.3) is 0 Å². The van der Waals surface area contributed by atoms with E-state index in [9.17, 15) is 18.0 Å². The van der Waals surface area contributed by atoms with Crippen LogP contribution in [0.4, 0.5) is 13.2 Å². The molecule has 0 aromatic heterocycles. The highest BCUT2D eigenvalue weighted by Crippen LogP contribution is 2.28. The van der Waals surface area contributed by atoms with Gasteiger partial charge in [-0.1, -0.05) is 12.8 Å². The van der Waals surface area contributed by atoms with Crippen LogP contribution >= 0.6 is 0 Å². The van der Waals surface area contributed by atoms with Gasteiger partial charge in [-0.3, -0.25) is 4.79 Å². The van der Waals surface area contributed by atoms with Crippen LogP contribution in [-0.2, 0) is 0 Å². The SMILES string of the molecule is CN(C(=O)c1ccc(F)c(F)c1F)C1CCCCC1CN. The second-order valence-corrected chi connectivity index (χ2v) is 5.49. The van der Waals surface area contributed by atoms with Crippen molar-refractivity contribution in [3.8, 4) is 0 Å². The Kier molecular flexibility index (Phi) is 4.88. The van der Waals surface area contributed by atoms with Gasteiger partial charge in [0, 0.05) is 13.1 Å². The van der Waals surface area contributed by atoms with Crippen LogP contribution in [0.3, 0.4) is 0 Å². The van der Waals surface area contributed by atoms with E-state index >= 15 is 0 Å². The number of carbonyl (C=O) groups is 1. The first kappa shape index (κ1) is 15.8. The average Bonchev–Trinajstić information content (AvgIpc) is 2.51. The van der Waals surface area contributed by atoms with Crippen LogP contribution in [0.2, 0.25) is 0 Å². The number of nitrogens with two attached hydrogens (primary N) is 1. The van der Waals surface area contributed by atoms with Gasteiger partial charge in [0.05, 0.1) is 5.56 Å². The zero-order valence-electron chi connectivity index (χ0n) is 11.9. The highest BCUT2D eigenvalue weighted by molar-refractivity contribution is 5.94. The van der Waals surface area contributed by atoms with Gasteiger partial charge in [0.15, 0.2) is 17.5 Å². The van der Waals surface area contributed by atoms with Crippen LogP contribution in [0.5, 0.6) is 0 Å². The first-order valence-corrected chi connectivity index (χ1v) is 7.08. The van der Waals surface area contributed by atoms with E-state index in [0.29, 0.717) is 6.54 Å². The van der Waals surface area contributed by atoms with E-state index in [-0.39, 0.29) is 12.0 Å². The maximum Gasteiger partial charge on any atom is 0.256 e. The molecule has 0 aliphatic heterocycles. The quantitative estimate of drug-likeness (QED) is 0.872.